The van der Waals surface area contributed by atoms with E-state index in [1.807, 2.05) is 7.05 Å². The van der Waals surface area contributed by atoms with Gasteiger partial charge in [-0.3, -0.25) is 4.99 Å². The lowest BCUT2D eigenvalue weighted by atomic mass is 10.2. The van der Waals surface area contributed by atoms with Crippen LogP contribution in [0.25, 0.3) is 0 Å². The second-order valence-corrected chi connectivity index (χ2v) is 5.88. The summed E-state index contributed by atoms with van der Waals surface area (Å²) in [7, 11) is 1.81. The summed E-state index contributed by atoms with van der Waals surface area (Å²) in [5, 5.41) is 15.4. The Balaban J connectivity index is 0.00000161. The van der Waals surface area contributed by atoms with Crippen LogP contribution in [0.3, 0.4) is 0 Å². The Morgan fingerprint density at radius 3 is 2.86 bits per heavy atom. The van der Waals surface area contributed by atoms with Crippen LogP contribution in [0.15, 0.2) is 4.99 Å². The minimum atomic E-state index is 0. The molecule has 6 nitrogen and oxygen atoms in total. The Morgan fingerprint density at radius 1 is 1.33 bits per heavy atom. The number of aliphatic imine (C=N–C) groups is 1. The highest BCUT2D eigenvalue weighted by atomic mass is 127. The molecule has 1 saturated carbocycles. The Bertz CT molecular complexity index is 498. The Morgan fingerprint density at radius 2 is 2.14 bits per heavy atom. The van der Waals surface area contributed by atoms with E-state index >= 15 is 0 Å². The van der Waals surface area contributed by atoms with Crippen LogP contribution in [0.1, 0.15) is 44.3 Å². The van der Waals surface area contributed by atoms with Gasteiger partial charge in [0.2, 0.25) is 0 Å². The van der Waals surface area contributed by atoms with Crippen LogP contribution in [0.5, 0.6) is 0 Å². The van der Waals surface area contributed by atoms with Crippen molar-refractivity contribution in [2.45, 2.75) is 58.2 Å². The van der Waals surface area contributed by atoms with Gasteiger partial charge in [-0.25, -0.2) is 0 Å². The second kappa shape index (κ2) is 7.42. The molecule has 2 aliphatic rings. The lowest BCUT2D eigenvalue weighted by Crippen LogP contribution is -2.39. The van der Waals surface area contributed by atoms with Gasteiger partial charge in [0.25, 0.3) is 0 Å². The van der Waals surface area contributed by atoms with Gasteiger partial charge < -0.3 is 15.2 Å². The minimum Gasteiger partial charge on any atom is -0.353 e. The summed E-state index contributed by atoms with van der Waals surface area (Å²) in [5.74, 6) is 3.79. The molecule has 0 spiro atoms. The molecule has 2 atom stereocenters. The predicted molar refractivity (Wildman–Crippen MR) is 93.9 cm³/mol. The van der Waals surface area contributed by atoms with Crippen LogP contribution in [0.4, 0.5) is 0 Å². The first-order valence-corrected chi connectivity index (χ1v) is 7.66. The van der Waals surface area contributed by atoms with Crippen molar-refractivity contribution in [1.82, 2.24) is 25.4 Å². The van der Waals surface area contributed by atoms with E-state index in [1.165, 1.54) is 25.7 Å². The first-order chi connectivity index (χ1) is 9.78. The quantitative estimate of drug-likeness (QED) is 0.457. The molecule has 1 aliphatic heterocycles. The molecule has 118 valence electrons. The predicted octanol–water partition coefficient (Wildman–Crippen LogP) is 1.70. The highest BCUT2D eigenvalue weighted by molar-refractivity contribution is 14.0. The number of halogens is 1. The second-order valence-electron chi connectivity index (χ2n) is 5.88. The van der Waals surface area contributed by atoms with Crippen molar-refractivity contribution in [1.29, 1.82) is 0 Å². The number of hydrogen-bond donors (Lipinski definition) is 2. The van der Waals surface area contributed by atoms with Gasteiger partial charge >= 0.3 is 0 Å². The maximum Gasteiger partial charge on any atom is 0.191 e. The van der Waals surface area contributed by atoms with Crippen molar-refractivity contribution in [2.24, 2.45) is 10.9 Å². The maximum atomic E-state index is 4.32. The van der Waals surface area contributed by atoms with Crippen LogP contribution in [0, 0.1) is 5.92 Å². The van der Waals surface area contributed by atoms with Crippen LogP contribution >= 0.6 is 24.0 Å². The zero-order valence-corrected chi connectivity index (χ0v) is 15.1. The molecule has 2 heterocycles. The molecule has 3 rings (SSSR count). The van der Waals surface area contributed by atoms with Crippen LogP contribution < -0.4 is 10.6 Å². The molecular formula is C14H25IN6. The fourth-order valence-corrected chi connectivity index (χ4v) is 2.73. The zero-order valence-electron chi connectivity index (χ0n) is 12.8. The maximum absolute atomic E-state index is 4.32. The van der Waals surface area contributed by atoms with Gasteiger partial charge in [0, 0.05) is 26.1 Å². The molecule has 0 radical (unpaired) electrons. The number of aryl methyl sites for hydroxylation is 1. The van der Waals surface area contributed by atoms with Gasteiger partial charge in [-0.15, -0.1) is 34.2 Å². The standard InChI is InChI=1S/C14H24N6.HI/c1-10-8-11(10)17-14(15-2)16-9-13-19-18-12-6-4-3-5-7-20(12)13;/h10-11H,3-9H2,1-2H3,(H2,15,16,17);1H. The van der Waals surface area contributed by atoms with Gasteiger partial charge in [-0.05, 0) is 25.2 Å². The SMILES string of the molecule is CN=C(NCc1nnc2n1CCCCC2)NC1CC1C.I. The molecule has 1 aliphatic carbocycles. The highest BCUT2D eigenvalue weighted by Crippen LogP contribution is 2.28. The van der Waals surface area contributed by atoms with E-state index in [0.717, 1.165) is 36.5 Å². The van der Waals surface area contributed by atoms with Crippen LogP contribution in [-0.4, -0.2) is 33.8 Å². The van der Waals surface area contributed by atoms with E-state index in [1.54, 1.807) is 0 Å². The number of hydrogen-bond acceptors (Lipinski definition) is 3. The zero-order chi connectivity index (χ0) is 13.9. The average Bonchev–Trinajstić information content (AvgIpc) is 3.10. The number of nitrogens with zero attached hydrogens (tertiary/aromatic N) is 4. The van der Waals surface area contributed by atoms with Crippen LogP contribution in [0.2, 0.25) is 0 Å². The lowest BCUT2D eigenvalue weighted by molar-refractivity contribution is 0.596. The van der Waals surface area contributed by atoms with Crippen LogP contribution in [-0.2, 0) is 19.5 Å². The lowest BCUT2D eigenvalue weighted by Gasteiger charge is -2.12. The molecular weight excluding hydrogens is 379 g/mol. The molecule has 0 bridgehead atoms. The third-order valence-electron chi connectivity index (χ3n) is 4.26. The van der Waals surface area contributed by atoms with Crippen molar-refractivity contribution >= 4 is 29.9 Å². The molecule has 2 N–H and O–H groups in total. The van der Waals surface area contributed by atoms with Gasteiger partial charge in [-0.2, -0.15) is 0 Å². The van der Waals surface area contributed by atoms with Gasteiger partial charge in [-0.1, -0.05) is 13.3 Å². The first kappa shape index (κ1) is 16.5. The molecule has 1 fully saturated rings. The van der Waals surface area contributed by atoms with Crippen molar-refractivity contribution in [2.75, 3.05) is 7.05 Å². The number of rotatable bonds is 3. The average molecular weight is 404 g/mol. The molecule has 2 unspecified atom stereocenters. The Hall–Kier alpha value is -0.860. The fraction of sp³-hybridized carbons (Fsp3) is 0.786. The monoisotopic (exact) mass is 404 g/mol. The summed E-state index contributed by atoms with van der Waals surface area (Å²) in [4.78, 5) is 4.27. The molecule has 7 heteroatoms. The topological polar surface area (TPSA) is 67.1 Å². The number of aromatic nitrogens is 3. The van der Waals surface area contributed by atoms with Crippen molar-refractivity contribution in [3.05, 3.63) is 11.6 Å². The van der Waals surface area contributed by atoms with Crippen molar-refractivity contribution in [3.63, 3.8) is 0 Å². The summed E-state index contributed by atoms with van der Waals surface area (Å²) in [5.41, 5.74) is 0. The summed E-state index contributed by atoms with van der Waals surface area (Å²) in [6.45, 7) is 3.99. The highest BCUT2D eigenvalue weighted by Gasteiger charge is 2.33. The number of guanidine groups is 1. The molecule has 0 saturated heterocycles. The van der Waals surface area contributed by atoms with E-state index in [9.17, 15) is 0 Å². The van der Waals surface area contributed by atoms with Gasteiger partial charge in [0.15, 0.2) is 11.8 Å². The number of fused-ring (bicyclic) bond motifs is 1. The summed E-state index contributed by atoms with van der Waals surface area (Å²) < 4.78 is 2.27. The molecule has 1 aromatic rings. The fourth-order valence-electron chi connectivity index (χ4n) is 2.73. The third-order valence-corrected chi connectivity index (χ3v) is 4.26. The van der Waals surface area contributed by atoms with E-state index in [-0.39, 0.29) is 24.0 Å². The third kappa shape index (κ3) is 4.08. The summed E-state index contributed by atoms with van der Waals surface area (Å²) >= 11 is 0. The van der Waals surface area contributed by atoms with Gasteiger partial charge in [0.05, 0.1) is 6.54 Å². The van der Waals surface area contributed by atoms with E-state index in [4.69, 9.17) is 0 Å². The molecule has 1 aromatic heterocycles. The summed E-state index contributed by atoms with van der Waals surface area (Å²) in [6.07, 6.45) is 6.04. The molecule has 0 amide bonds. The number of nitrogens with one attached hydrogen (secondary N) is 2. The molecule has 21 heavy (non-hydrogen) atoms. The summed E-state index contributed by atoms with van der Waals surface area (Å²) in [6, 6.07) is 0.580. The Kier molecular flexibility index (Phi) is 5.83. The Labute approximate surface area is 143 Å². The minimum absolute atomic E-state index is 0. The molecule has 0 aromatic carbocycles. The largest absolute Gasteiger partial charge is 0.353 e. The van der Waals surface area contributed by atoms with E-state index < -0.39 is 0 Å². The van der Waals surface area contributed by atoms with Gasteiger partial charge in [0.1, 0.15) is 5.82 Å². The van der Waals surface area contributed by atoms with E-state index in [2.05, 4.69) is 37.3 Å². The normalized spacial score (nSPS) is 24.6. The van der Waals surface area contributed by atoms with E-state index in [0.29, 0.717) is 12.6 Å². The smallest absolute Gasteiger partial charge is 0.191 e. The van der Waals surface area contributed by atoms with Crippen molar-refractivity contribution < 1.29 is 0 Å². The first-order valence-electron chi connectivity index (χ1n) is 7.66. The van der Waals surface area contributed by atoms with Crippen molar-refractivity contribution in [3.8, 4) is 0 Å².